The molecule has 1 fully saturated rings. The van der Waals surface area contributed by atoms with Crippen molar-refractivity contribution in [1.82, 2.24) is 24.7 Å². The van der Waals surface area contributed by atoms with Crippen molar-refractivity contribution >= 4 is 6.20 Å². The van der Waals surface area contributed by atoms with E-state index >= 15 is 0 Å². The molecule has 2 atom stereocenters. The average Bonchev–Trinajstić information content (AvgIpc) is 3.53. The van der Waals surface area contributed by atoms with Crippen LogP contribution in [0.25, 0.3) is 17.5 Å². The number of nitrogens with one attached hydrogen (secondary N) is 2. The molecule has 0 unspecified atom stereocenters. The van der Waals surface area contributed by atoms with Crippen LogP contribution in [0.2, 0.25) is 0 Å². The van der Waals surface area contributed by atoms with Crippen LogP contribution >= 0.6 is 0 Å². The van der Waals surface area contributed by atoms with Gasteiger partial charge < -0.3 is 4.98 Å². The normalized spacial score (nSPS) is 18.8. The van der Waals surface area contributed by atoms with Crippen molar-refractivity contribution in [2.75, 3.05) is 7.05 Å². The number of aromatic amines is 2. The SMILES string of the molecule is C=Cn1nc(-c2c[nH]c(=O)[nH]c2=O)cc([C@H]2C[C@@H]2c2ccc(C(F)(F)F)nc2)c1=NC. The Hall–Kier alpha value is -3.76. The monoisotopic (exact) mass is 430 g/mol. The predicted molar refractivity (Wildman–Crippen MR) is 106 cm³/mol. The summed E-state index contributed by atoms with van der Waals surface area (Å²) in [6.45, 7) is 3.72. The van der Waals surface area contributed by atoms with E-state index in [4.69, 9.17) is 0 Å². The molecule has 0 aliphatic heterocycles. The molecule has 1 saturated carbocycles. The highest BCUT2D eigenvalue weighted by Crippen LogP contribution is 2.54. The minimum absolute atomic E-state index is 0.0438. The Morgan fingerprint density at radius 2 is 2.06 bits per heavy atom. The van der Waals surface area contributed by atoms with Crippen LogP contribution in [0, 0.1) is 0 Å². The van der Waals surface area contributed by atoms with Crippen molar-refractivity contribution in [3.63, 3.8) is 0 Å². The molecule has 0 spiro atoms. The van der Waals surface area contributed by atoms with E-state index in [0.717, 1.165) is 11.6 Å². The molecule has 3 heterocycles. The minimum atomic E-state index is -4.49. The van der Waals surface area contributed by atoms with Crippen LogP contribution in [0.3, 0.4) is 0 Å². The Bertz CT molecular complexity index is 1330. The van der Waals surface area contributed by atoms with Crippen molar-refractivity contribution in [3.05, 3.63) is 80.3 Å². The highest BCUT2D eigenvalue weighted by molar-refractivity contribution is 5.58. The van der Waals surface area contributed by atoms with E-state index in [1.165, 1.54) is 29.3 Å². The minimum Gasteiger partial charge on any atom is -0.313 e. The molecular formula is C20H17F3N6O2. The summed E-state index contributed by atoms with van der Waals surface area (Å²) in [5.74, 6) is -0.0929. The average molecular weight is 430 g/mol. The lowest BCUT2D eigenvalue weighted by molar-refractivity contribution is -0.141. The molecule has 0 radical (unpaired) electrons. The Balaban J connectivity index is 1.76. The van der Waals surface area contributed by atoms with Crippen LogP contribution in [0.4, 0.5) is 13.2 Å². The summed E-state index contributed by atoms with van der Waals surface area (Å²) < 4.78 is 39.8. The quantitative estimate of drug-likeness (QED) is 0.662. The van der Waals surface area contributed by atoms with Crippen molar-refractivity contribution in [1.29, 1.82) is 0 Å². The van der Waals surface area contributed by atoms with Gasteiger partial charge in [0.2, 0.25) is 0 Å². The molecule has 0 bridgehead atoms. The van der Waals surface area contributed by atoms with E-state index in [0.29, 0.717) is 23.2 Å². The van der Waals surface area contributed by atoms with E-state index in [9.17, 15) is 22.8 Å². The van der Waals surface area contributed by atoms with Gasteiger partial charge in [-0.1, -0.05) is 12.6 Å². The van der Waals surface area contributed by atoms with Gasteiger partial charge in [0.15, 0.2) is 5.49 Å². The Morgan fingerprint density at radius 1 is 1.29 bits per heavy atom. The predicted octanol–water partition coefficient (Wildman–Crippen LogP) is 2.24. The molecule has 0 aromatic carbocycles. The number of pyridine rings is 1. The second kappa shape index (κ2) is 7.49. The van der Waals surface area contributed by atoms with Crippen molar-refractivity contribution in [3.8, 4) is 11.3 Å². The Kier molecular flexibility index (Phi) is 4.96. The van der Waals surface area contributed by atoms with Gasteiger partial charge in [0.1, 0.15) is 5.69 Å². The maximum atomic E-state index is 12.8. The lowest BCUT2D eigenvalue weighted by atomic mass is 10.0. The molecule has 2 N–H and O–H groups in total. The van der Waals surface area contributed by atoms with Gasteiger partial charge in [-0.2, -0.15) is 18.3 Å². The second-order valence-electron chi connectivity index (χ2n) is 7.07. The first-order chi connectivity index (χ1) is 14.7. The lowest BCUT2D eigenvalue weighted by Gasteiger charge is -2.10. The second-order valence-corrected chi connectivity index (χ2v) is 7.07. The molecule has 11 heteroatoms. The fraction of sp³-hybridized carbons (Fsp3) is 0.250. The fourth-order valence-corrected chi connectivity index (χ4v) is 3.60. The van der Waals surface area contributed by atoms with Gasteiger partial charge in [-0.3, -0.25) is 19.8 Å². The van der Waals surface area contributed by atoms with Crippen molar-refractivity contribution < 1.29 is 13.2 Å². The summed E-state index contributed by atoms with van der Waals surface area (Å²) in [7, 11) is 1.59. The van der Waals surface area contributed by atoms with E-state index in [1.54, 1.807) is 13.1 Å². The third-order valence-corrected chi connectivity index (χ3v) is 5.16. The molecule has 31 heavy (non-hydrogen) atoms. The van der Waals surface area contributed by atoms with Crippen LogP contribution in [-0.2, 0) is 6.18 Å². The molecule has 160 valence electrons. The Labute approximate surface area is 172 Å². The number of halogens is 3. The summed E-state index contributed by atoms with van der Waals surface area (Å²) in [6.07, 6.45) is 0.138. The highest BCUT2D eigenvalue weighted by atomic mass is 19.4. The number of rotatable bonds is 4. The third kappa shape index (κ3) is 3.86. The molecule has 1 aliphatic carbocycles. The first kappa shape index (κ1) is 20.5. The van der Waals surface area contributed by atoms with Crippen molar-refractivity contribution in [2.24, 2.45) is 4.99 Å². The fourth-order valence-electron chi connectivity index (χ4n) is 3.60. The zero-order valence-corrected chi connectivity index (χ0v) is 16.3. The third-order valence-electron chi connectivity index (χ3n) is 5.16. The smallest absolute Gasteiger partial charge is 0.313 e. The van der Waals surface area contributed by atoms with Gasteiger partial charge in [-0.15, -0.1) is 0 Å². The summed E-state index contributed by atoms with van der Waals surface area (Å²) >= 11 is 0. The standard InChI is InChI=1S/C20H17F3N6O2/c1-3-29-17(24-2)13(7-15(28-29)14-9-26-19(31)27-18(14)30)12-6-11(12)10-4-5-16(25-8-10)20(21,22)23/h3-5,7-9,11-12H,1,6H2,2H3,(H2,26,27,30,31)/t11-,12+/m1/s1. The van der Waals surface area contributed by atoms with Gasteiger partial charge in [-0.05, 0) is 36.0 Å². The van der Waals surface area contributed by atoms with Crippen LogP contribution in [0.5, 0.6) is 0 Å². The zero-order valence-electron chi connectivity index (χ0n) is 16.3. The zero-order chi connectivity index (χ0) is 22.3. The first-order valence-electron chi connectivity index (χ1n) is 9.27. The van der Waals surface area contributed by atoms with Crippen LogP contribution < -0.4 is 16.7 Å². The van der Waals surface area contributed by atoms with E-state index < -0.39 is 23.1 Å². The first-order valence-corrected chi connectivity index (χ1v) is 9.27. The molecule has 0 saturated heterocycles. The summed E-state index contributed by atoms with van der Waals surface area (Å²) in [4.78, 5) is 35.9. The van der Waals surface area contributed by atoms with E-state index in [-0.39, 0.29) is 17.4 Å². The van der Waals surface area contributed by atoms with Crippen molar-refractivity contribution in [2.45, 2.75) is 24.4 Å². The number of hydrogen-bond acceptors (Lipinski definition) is 5. The number of alkyl halides is 3. The number of nitrogens with zero attached hydrogens (tertiary/aromatic N) is 4. The largest absolute Gasteiger partial charge is 0.433 e. The number of aromatic nitrogens is 5. The maximum Gasteiger partial charge on any atom is 0.433 e. The Morgan fingerprint density at radius 3 is 2.65 bits per heavy atom. The maximum absolute atomic E-state index is 12.8. The summed E-state index contributed by atoms with van der Waals surface area (Å²) in [5, 5.41) is 4.36. The van der Waals surface area contributed by atoms with Gasteiger partial charge in [0.25, 0.3) is 5.56 Å². The van der Waals surface area contributed by atoms with Crippen LogP contribution in [0.15, 0.2) is 51.8 Å². The molecule has 4 rings (SSSR count). The highest BCUT2D eigenvalue weighted by Gasteiger charge is 2.42. The van der Waals surface area contributed by atoms with E-state index in [1.807, 2.05) is 0 Å². The van der Waals surface area contributed by atoms with Gasteiger partial charge >= 0.3 is 11.9 Å². The number of H-pyrrole nitrogens is 2. The number of hydrogen-bond donors (Lipinski definition) is 2. The topological polar surface area (TPSA) is 109 Å². The molecular weight excluding hydrogens is 413 g/mol. The van der Waals surface area contributed by atoms with Gasteiger partial charge in [-0.25, -0.2) is 9.48 Å². The molecule has 0 amide bonds. The van der Waals surface area contributed by atoms with E-state index in [2.05, 4.69) is 31.6 Å². The molecule has 1 aliphatic rings. The van der Waals surface area contributed by atoms with Gasteiger partial charge in [0.05, 0.1) is 11.3 Å². The van der Waals surface area contributed by atoms with Crippen LogP contribution in [-0.4, -0.2) is 31.8 Å². The van der Waals surface area contributed by atoms with Gasteiger partial charge in [0, 0.05) is 31.2 Å². The summed E-state index contributed by atoms with van der Waals surface area (Å²) in [6, 6.07) is 4.10. The lowest BCUT2D eigenvalue weighted by Crippen LogP contribution is -2.27. The molecule has 3 aromatic heterocycles. The molecule has 8 nitrogen and oxygen atoms in total. The summed E-state index contributed by atoms with van der Waals surface area (Å²) in [5.41, 5.74) is 0.260. The molecule has 3 aromatic rings. The van der Waals surface area contributed by atoms with Crippen LogP contribution in [0.1, 0.15) is 35.1 Å².